The van der Waals surface area contributed by atoms with Crippen LogP contribution >= 0.6 is 0 Å². The summed E-state index contributed by atoms with van der Waals surface area (Å²) in [6.07, 6.45) is 5.25. The minimum Gasteiger partial charge on any atom is -0.389 e. The zero-order valence-electron chi connectivity index (χ0n) is 13.1. The number of hydrogen-bond donors (Lipinski definition) is 2. The largest absolute Gasteiger partial charge is 0.389 e. The van der Waals surface area contributed by atoms with Crippen LogP contribution in [0.2, 0.25) is 0 Å². The predicted molar refractivity (Wildman–Crippen MR) is 83.2 cm³/mol. The molecule has 0 bridgehead atoms. The molecule has 0 fully saturated rings. The summed E-state index contributed by atoms with van der Waals surface area (Å²) in [5.41, 5.74) is 1.16. The van der Waals surface area contributed by atoms with Gasteiger partial charge in [0, 0.05) is 31.6 Å². The van der Waals surface area contributed by atoms with Crippen molar-refractivity contribution in [1.82, 2.24) is 10.3 Å². The predicted octanol–water partition coefficient (Wildman–Crippen LogP) is 1.93. The fourth-order valence-electron chi connectivity index (χ4n) is 1.83. The number of unbranched alkanes of at least 4 members (excludes halogenated alkanes) is 1. The van der Waals surface area contributed by atoms with Gasteiger partial charge in [-0.1, -0.05) is 13.3 Å². The van der Waals surface area contributed by atoms with Gasteiger partial charge in [-0.15, -0.1) is 0 Å². The van der Waals surface area contributed by atoms with Crippen LogP contribution in [0.4, 0.5) is 0 Å². The molecule has 0 amide bonds. The molecule has 0 saturated heterocycles. The van der Waals surface area contributed by atoms with E-state index in [0.29, 0.717) is 26.4 Å². The normalized spacial score (nSPS) is 14.0. The number of aromatic nitrogens is 1. The quantitative estimate of drug-likeness (QED) is 0.577. The van der Waals surface area contributed by atoms with Crippen LogP contribution in [-0.2, 0) is 9.47 Å². The second kappa shape index (κ2) is 11.6. The van der Waals surface area contributed by atoms with Crippen molar-refractivity contribution in [1.29, 1.82) is 0 Å². The Morgan fingerprint density at radius 3 is 2.62 bits per heavy atom. The average molecular weight is 296 g/mol. The summed E-state index contributed by atoms with van der Waals surface area (Å²) in [4.78, 5) is 3.99. The van der Waals surface area contributed by atoms with E-state index in [1.54, 1.807) is 12.4 Å². The number of nitrogens with zero attached hydrogens (tertiary/aromatic N) is 1. The van der Waals surface area contributed by atoms with Gasteiger partial charge in [-0.05, 0) is 31.0 Å². The summed E-state index contributed by atoms with van der Waals surface area (Å²) in [5, 5.41) is 13.1. The lowest BCUT2D eigenvalue weighted by Crippen LogP contribution is -2.32. The van der Waals surface area contributed by atoms with Gasteiger partial charge in [0.15, 0.2) is 0 Å². The molecule has 0 aliphatic carbocycles. The summed E-state index contributed by atoms with van der Waals surface area (Å²) >= 11 is 0. The molecule has 1 aromatic heterocycles. The Morgan fingerprint density at radius 2 is 1.90 bits per heavy atom. The maximum atomic E-state index is 9.85. The van der Waals surface area contributed by atoms with E-state index in [0.717, 1.165) is 25.0 Å². The van der Waals surface area contributed by atoms with Gasteiger partial charge < -0.3 is 19.9 Å². The Hall–Kier alpha value is -1.01. The molecule has 2 atom stereocenters. The first-order chi connectivity index (χ1) is 10.2. The Labute approximate surface area is 127 Å². The van der Waals surface area contributed by atoms with E-state index < -0.39 is 6.10 Å². The van der Waals surface area contributed by atoms with Gasteiger partial charge >= 0.3 is 0 Å². The molecule has 5 nitrogen and oxygen atoms in total. The molecule has 0 radical (unpaired) electrons. The van der Waals surface area contributed by atoms with Crippen molar-refractivity contribution in [3.05, 3.63) is 30.1 Å². The van der Waals surface area contributed by atoms with Crippen LogP contribution < -0.4 is 5.32 Å². The van der Waals surface area contributed by atoms with Crippen LogP contribution in [0.5, 0.6) is 0 Å². The first-order valence-corrected chi connectivity index (χ1v) is 7.71. The maximum absolute atomic E-state index is 9.85. The molecule has 21 heavy (non-hydrogen) atoms. The number of pyridine rings is 1. The Morgan fingerprint density at radius 1 is 1.19 bits per heavy atom. The molecule has 1 aromatic rings. The third kappa shape index (κ3) is 8.78. The van der Waals surface area contributed by atoms with Crippen molar-refractivity contribution in [2.45, 2.75) is 38.8 Å². The summed E-state index contributed by atoms with van der Waals surface area (Å²) in [6, 6.07) is 4.11. The first-order valence-electron chi connectivity index (χ1n) is 7.71. The lowest BCUT2D eigenvalue weighted by Gasteiger charge is -2.17. The molecule has 0 saturated carbocycles. The molecule has 2 unspecified atom stereocenters. The van der Waals surface area contributed by atoms with Crippen LogP contribution in [0.25, 0.3) is 0 Å². The first kappa shape index (κ1) is 18.0. The molecule has 2 N–H and O–H groups in total. The van der Waals surface area contributed by atoms with Crippen molar-refractivity contribution in [3.63, 3.8) is 0 Å². The fraction of sp³-hybridized carbons (Fsp3) is 0.688. The minimum absolute atomic E-state index is 0.181. The average Bonchev–Trinajstić information content (AvgIpc) is 2.52. The van der Waals surface area contributed by atoms with E-state index in [-0.39, 0.29) is 6.04 Å². The number of aliphatic hydroxyl groups is 1. The van der Waals surface area contributed by atoms with Crippen molar-refractivity contribution in [2.75, 3.05) is 33.0 Å². The van der Waals surface area contributed by atoms with E-state index in [1.807, 2.05) is 12.1 Å². The molecule has 0 aliphatic heterocycles. The smallest absolute Gasteiger partial charge is 0.0897 e. The Kier molecular flexibility index (Phi) is 9.99. The van der Waals surface area contributed by atoms with E-state index in [1.165, 1.54) is 0 Å². The van der Waals surface area contributed by atoms with Crippen molar-refractivity contribution >= 4 is 0 Å². The van der Waals surface area contributed by atoms with Crippen LogP contribution in [0, 0.1) is 0 Å². The molecule has 120 valence electrons. The highest BCUT2D eigenvalue weighted by Gasteiger charge is 2.08. The fourth-order valence-corrected chi connectivity index (χ4v) is 1.83. The SMILES string of the molecule is CCCCOCCOCC(O)CNC(C)c1ccncc1. The van der Waals surface area contributed by atoms with Gasteiger partial charge in [-0.25, -0.2) is 0 Å². The highest BCUT2D eigenvalue weighted by molar-refractivity contribution is 5.13. The lowest BCUT2D eigenvalue weighted by molar-refractivity contribution is 0.00332. The monoisotopic (exact) mass is 296 g/mol. The minimum atomic E-state index is -0.509. The lowest BCUT2D eigenvalue weighted by atomic mass is 10.1. The number of aliphatic hydroxyl groups excluding tert-OH is 1. The van der Waals surface area contributed by atoms with Crippen LogP contribution in [-0.4, -0.2) is 49.2 Å². The summed E-state index contributed by atoms with van der Waals surface area (Å²) < 4.78 is 10.8. The van der Waals surface area contributed by atoms with Crippen LogP contribution in [0.15, 0.2) is 24.5 Å². The molecule has 1 heterocycles. The number of rotatable bonds is 12. The zero-order chi connectivity index (χ0) is 15.3. The van der Waals surface area contributed by atoms with Crippen LogP contribution in [0.3, 0.4) is 0 Å². The van der Waals surface area contributed by atoms with Gasteiger partial charge in [-0.2, -0.15) is 0 Å². The Balaban J connectivity index is 2.02. The molecular formula is C16H28N2O3. The number of ether oxygens (including phenoxy) is 2. The third-order valence-corrected chi connectivity index (χ3v) is 3.19. The van der Waals surface area contributed by atoms with Gasteiger partial charge in [0.2, 0.25) is 0 Å². The van der Waals surface area contributed by atoms with Crippen molar-refractivity contribution in [2.24, 2.45) is 0 Å². The van der Waals surface area contributed by atoms with Gasteiger partial charge in [-0.3, -0.25) is 4.98 Å². The van der Waals surface area contributed by atoms with E-state index in [4.69, 9.17) is 9.47 Å². The second-order valence-corrected chi connectivity index (χ2v) is 5.11. The molecule has 5 heteroatoms. The van der Waals surface area contributed by atoms with Gasteiger partial charge in [0.25, 0.3) is 0 Å². The summed E-state index contributed by atoms with van der Waals surface area (Å²) in [6.45, 7) is 6.93. The van der Waals surface area contributed by atoms with Crippen molar-refractivity contribution < 1.29 is 14.6 Å². The highest BCUT2D eigenvalue weighted by atomic mass is 16.5. The van der Waals surface area contributed by atoms with E-state index in [9.17, 15) is 5.11 Å². The highest BCUT2D eigenvalue weighted by Crippen LogP contribution is 2.09. The summed E-state index contributed by atoms with van der Waals surface area (Å²) in [5.74, 6) is 0. The van der Waals surface area contributed by atoms with E-state index in [2.05, 4.69) is 24.1 Å². The maximum Gasteiger partial charge on any atom is 0.0897 e. The molecule has 1 rings (SSSR count). The van der Waals surface area contributed by atoms with Crippen molar-refractivity contribution in [3.8, 4) is 0 Å². The molecule has 0 aliphatic rings. The third-order valence-electron chi connectivity index (χ3n) is 3.19. The summed E-state index contributed by atoms with van der Waals surface area (Å²) in [7, 11) is 0. The van der Waals surface area contributed by atoms with Gasteiger partial charge in [0.1, 0.15) is 0 Å². The van der Waals surface area contributed by atoms with Crippen LogP contribution in [0.1, 0.15) is 38.3 Å². The number of nitrogens with one attached hydrogen (secondary N) is 1. The van der Waals surface area contributed by atoms with Gasteiger partial charge in [0.05, 0.1) is 25.9 Å². The molecule has 0 spiro atoms. The second-order valence-electron chi connectivity index (χ2n) is 5.11. The topological polar surface area (TPSA) is 63.6 Å². The standard InChI is InChI=1S/C16H28N2O3/c1-3-4-9-20-10-11-21-13-16(19)12-18-14(2)15-5-7-17-8-6-15/h5-8,14,16,18-19H,3-4,9-13H2,1-2H3. The van der Waals surface area contributed by atoms with E-state index >= 15 is 0 Å². The Bertz CT molecular complexity index is 349. The zero-order valence-corrected chi connectivity index (χ0v) is 13.1. The molecule has 0 aromatic carbocycles. The molecular weight excluding hydrogens is 268 g/mol. The number of hydrogen-bond acceptors (Lipinski definition) is 5.